The first kappa shape index (κ1) is 16.8. The summed E-state index contributed by atoms with van der Waals surface area (Å²) in [5.41, 5.74) is 1.40. The molecule has 0 spiro atoms. The molecule has 1 aromatic carbocycles. The predicted molar refractivity (Wildman–Crippen MR) is 98.4 cm³/mol. The number of rotatable bonds is 5. The number of halogens is 1. The number of aryl methyl sites for hydroxylation is 1. The van der Waals surface area contributed by atoms with Gasteiger partial charge in [0.1, 0.15) is 12.1 Å². The summed E-state index contributed by atoms with van der Waals surface area (Å²) in [6.07, 6.45) is 2.92. The molecule has 126 valence electrons. The maximum atomic E-state index is 11.5. The largest absolute Gasteiger partial charge is 0.353 e. The van der Waals surface area contributed by atoms with Gasteiger partial charge in [0.05, 0.1) is 4.92 Å². The first-order valence-corrected chi connectivity index (χ1v) is 8.04. The van der Waals surface area contributed by atoms with Crippen LogP contribution in [0.15, 0.2) is 53.4 Å². The molecule has 0 amide bonds. The monoisotopic (exact) mass is 400 g/mol. The Morgan fingerprint density at radius 1 is 1.00 bits per heavy atom. The minimum Gasteiger partial charge on any atom is -0.334 e. The second-order valence-electron chi connectivity index (χ2n) is 5.15. The third kappa shape index (κ3) is 4.07. The van der Waals surface area contributed by atoms with E-state index in [9.17, 15) is 10.1 Å². The normalized spacial score (nSPS) is 10.3. The summed E-state index contributed by atoms with van der Waals surface area (Å²) in [7, 11) is 0. The van der Waals surface area contributed by atoms with E-state index in [4.69, 9.17) is 0 Å². The van der Waals surface area contributed by atoms with Crippen molar-refractivity contribution in [3.63, 3.8) is 0 Å². The Hall–Kier alpha value is -3.07. The van der Waals surface area contributed by atoms with Crippen molar-refractivity contribution < 1.29 is 4.92 Å². The maximum absolute atomic E-state index is 11.5. The van der Waals surface area contributed by atoms with Gasteiger partial charge in [0.2, 0.25) is 11.6 Å². The highest BCUT2D eigenvalue weighted by Crippen LogP contribution is 2.32. The van der Waals surface area contributed by atoms with Crippen LogP contribution in [0.4, 0.5) is 28.8 Å². The van der Waals surface area contributed by atoms with Crippen LogP contribution in [0, 0.1) is 17.0 Å². The summed E-state index contributed by atoms with van der Waals surface area (Å²) in [6, 6.07) is 10.8. The molecule has 0 atom stereocenters. The Bertz CT molecular complexity index is 834. The average Bonchev–Trinajstić information content (AvgIpc) is 2.59. The molecule has 0 fully saturated rings. The second-order valence-corrected chi connectivity index (χ2v) is 6.07. The molecular weight excluding hydrogens is 388 g/mol. The molecule has 0 bridgehead atoms. The zero-order valence-electron chi connectivity index (χ0n) is 13.1. The van der Waals surface area contributed by atoms with Gasteiger partial charge in [0.15, 0.2) is 0 Å². The molecule has 0 aliphatic carbocycles. The highest BCUT2D eigenvalue weighted by atomic mass is 79.9. The van der Waals surface area contributed by atoms with Gasteiger partial charge in [-0.1, -0.05) is 22.0 Å². The second kappa shape index (κ2) is 7.22. The number of nitrogens with zero attached hydrogens (tertiary/aromatic N) is 4. The fraction of sp³-hybridized carbons (Fsp3) is 0.0625. The minimum absolute atomic E-state index is 0.0657. The molecule has 8 nitrogen and oxygen atoms in total. The average molecular weight is 401 g/mol. The van der Waals surface area contributed by atoms with E-state index in [1.165, 1.54) is 6.33 Å². The summed E-state index contributed by atoms with van der Waals surface area (Å²) >= 11 is 3.34. The van der Waals surface area contributed by atoms with Crippen molar-refractivity contribution in [2.24, 2.45) is 0 Å². The molecular formula is C16H13BrN6O2. The lowest BCUT2D eigenvalue weighted by molar-refractivity contribution is -0.383. The highest BCUT2D eigenvalue weighted by molar-refractivity contribution is 9.10. The van der Waals surface area contributed by atoms with Gasteiger partial charge >= 0.3 is 5.69 Å². The van der Waals surface area contributed by atoms with Crippen molar-refractivity contribution >= 4 is 44.8 Å². The van der Waals surface area contributed by atoms with E-state index in [0.29, 0.717) is 11.5 Å². The van der Waals surface area contributed by atoms with E-state index in [0.717, 1.165) is 10.0 Å². The van der Waals surface area contributed by atoms with Crippen molar-refractivity contribution in [3.8, 4) is 0 Å². The lowest BCUT2D eigenvalue weighted by Gasteiger charge is -2.10. The van der Waals surface area contributed by atoms with E-state index in [-0.39, 0.29) is 17.3 Å². The van der Waals surface area contributed by atoms with Crippen LogP contribution in [0.3, 0.4) is 0 Å². The number of hydrogen-bond acceptors (Lipinski definition) is 7. The van der Waals surface area contributed by atoms with Crippen LogP contribution in [0.2, 0.25) is 0 Å². The molecule has 2 aromatic heterocycles. The highest BCUT2D eigenvalue weighted by Gasteiger charge is 2.23. The van der Waals surface area contributed by atoms with Crippen LogP contribution in [-0.2, 0) is 0 Å². The first-order valence-electron chi connectivity index (χ1n) is 7.24. The smallest absolute Gasteiger partial charge is 0.334 e. The van der Waals surface area contributed by atoms with Gasteiger partial charge in [-0.05, 0) is 42.8 Å². The fourth-order valence-corrected chi connectivity index (χ4v) is 2.33. The Morgan fingerprint density at radius 2 is 1.68 bits per heavy atom. The van der Waals surface area contributed by atoms with Gasteiger partial charge in [-0.15, -0.1) is 0 Å². The summed E-state index contributed by atoms with van der Waals surface area (Å²) < 4.78 is 0.906. The summed E-state index contributed by atoms with van der Waals surface area (Å²) in [5, 5.41) is 17.4. The number of nitrogens with one attached hydrogen (secondary N) is 2. The Labute approximate surface area is 151 Å². The molecule has 0 saturated heterocycles. The topological polar surface area (TPSA) is 106 Å². The van der Waals surface area contributed by atoms with Gasteiger partial charge in [0.25, 0.3) is 0 Å². The molecule has 0 aliphatic rings. The van der Waals surface area contributed by atoms with E-state index in [1.54, 1.807) is 24.4 Å². The molecule has 2 heterocycles. The Kier molecular flexibility index (Phi) is 4.85. The maximum Gasteiger partial charge on any atom is 0.353 e. The van der Waals surface area contributed by atoms with Gasteiger partial charge in [-0.2, -0.15) is 0 Å². The van der Waals surface area contributed by atoms with Crippen LogP contribution in [0.1, 0.15) is 5.56 Å². The molecule has 9 heteroatoms. The van der Waals surface area contributed by atoms with E-state index in [1.807, 2.05) is 25.1 Å². The minimum atomic E-state index is -0.530. The van der Waals surface area contributed by atoms with E-state index >= 15 is 0 Å². The first-order chi connectivity index (χ1) is 12.0. The van der Waals surface area contributed by atoms with Crippen LogP contribution in [-0.4, -0.2) is 19.9 Å². The zero-order valence-corrected chi connectivity index (χ0v) is 14.7. The van der Waals surface area contributed by atoms with Crippen molar-refractivity contribution in [3.05, 3.63) is 69.1 Å². The number of hydrogen-bond donors (Lipinski definition) is 2. The molecule has 0 radical (unpaired) electrons. The van der Waals surface area contributed by atoms with Crippen LogP contribution in [0.25, 0.3) is 0 Å². The van der Waals surface area contributed by atoms with Crippen LogP contribution in [0.5, 0.6) is 0 Å². The Balaban J connectivity index is 1.94. The standard InChI is InChI=1S/C16H13BrN6O2/c1-10-2-7-13(18-8-10)22-16-14(23(24)25)15(19-9-20-16)21-12-5-3-11(17)4-6-12/h2-9H,1H3,(H2,18,19,20,21,22). The van der Waals surface area contributed by atoms with Crippen molar-refractivity contribution in [2.75, 3.05) is 10.6 Å². The third-order valence-electron chi connectivity index (χ3n) is 3.27. The van der Waals surface area contributed by atoms with Crippen molar-refractivity contribution in [1.29, 1.82) is 0 Å². The lowest BCUT2D eigenvalue weighted by atomic mass is 10.3. The van der Waals surface area contributed by atoms with Gasteiger partial charge in [0, 0.05) is 16.4 Å². The molecule has 0 saturated carbocycles. The molecule has 2 N–H and O–H groups in total. The molecule has 25 heavy (non-hydrogen) atoms. The number of anilines is 4. The number of aromatic nitrogens is 3. The van der Waals surface area contributed by atoms with Crippen molar-refractivity contribution in [2.45, 2.75) is 6.92 Å². The summed E-state index contributed by atoms with van der Waals surface area (Å²) in [6.45, 7) is 1.91. The molecule has 0 aliphatic heterocycles. The SMILES string of the molecule is Cc1ccc(Nc2ncnc(Nc3ccc(Br)cc3)c2[N+](=O)[O-])nc1. The molecule has 3 rings (SSSR count). The lowest BCUT2D eigenvalue weighted by Crippen LogP contribution is -2.06. The van der Waals surface area contributed by atoms with Gasteiger partial charge < -0.3 is 10.6 Å². The summed E-state index contributed by atoms with van der Waals surface area (Å²) in [4.78, 5) is 23.2. The number of nitro groups is 1. The molecule has 3 aromatic rings. The number of pyridine rings is 1. The number of benzene rings is 1. The van der Waals surface area contributed by atoms with Crippen molar-refractivity contribution in [1.82, 2.24) is 15.0 Å². The van der Waals surface area contributed by atoms with Crippen LogP contribution < -0.4 is 10.6 Å². The summed E-state index contributed by atoms with van der Waals surface area (Å²) in [5.74, 6) is 0.620. The zero-order chi connectivity index (χ0) is 17.8. The quantitative estimate of drug-likeness (QED) is 0.484. The molecule has 0 unspecified atom stereocenters. The van der Waals surface area contributed by atoms with Gasteiger partial charge in [-0.25, -0.2) is 15.0 Å². The van der Waals surface area contributed by atoms with Gasteiger partial charge in [-0.3, -0.25) is 10.1 Å². The van der Waals surface area contributed by atoms with E-state index in [2.05, 4.69) is 41.5 Å². The van der Waals surface area contributed by atoms with Crippen LogP contribution >= 0.6 is 15.9 Å². The van der Waals surface area contributed by atoms with E-state index < -0.39 is 4.92 Å². The third-order valence-corrected chi connectivity index (χ3v) is 3.80. The Morgan fingerprint density at radius 3 is 2.28 bits per heavy atom. The fourth-order valence-electron chi connectivity index (χ4n) is 2.07. The predicted octanol–water partition coefficient (Wildman–Crippen LogP) is 4.34.